The summed E-state index contributed by atoms with van der Waals surface area (Å²) in [6.07, 6.45) is 4.64. The molecule has 1 aliphatic rings. The van der Waals surface area contributed by atoms with Gasteiger partial charge in [-0.3, -0.25) is 4.79 Å². The first-order valence-electron chi connectivity index (χ1n) is 11.1. The third-order valence-corrected chi connectivity index (χ3v) is 5.73. The van der Waals surface area contributed by atoms with Crippen LogP contribution < -0.4 is 0 Å². The van der Waals surface area contributed by atoms with Gasteiger partial charge in [0, 0.05) is 6.42 Å². The van der Waals surface area contributed by atoms with Crippen LogP contribution in [0.1, 0.15) is 55.9 Å². The van der Waals surface area contributed by atoms with Crippen molar-refractivity contribution < 1.29 is 23.4 Å². The Hall–Kier alpha value is -2.50. The molecule has 4 nitrogen and oxygen atoms in total. The van der Waals surface area contributed by atoms with Crippen LogP contribution in [0.3, 0.4) is 0 Å². The van der Waals surface area contributed by atoms with Gasteiger partial charge in [0.05, 0.1) is 19.6 Å². The van der Waals surface area contributed by atoms with Gasteiger partial charge in [-0.2, -0.15) is 0 Å². The monoisotopic (exact) mass is 440 g/mol. The van der Waals surface area contributed by atoms with Crippen LogP contribution in [0.15, 0.2) is 36.4 Å². The number of ether oxygens (including phenoxy) is 3. The number of esters is 1. The average Bonchev–Trinajstić information content (AvgIpc) is 2.68. The van der Waals surface area contributed by atoms with Crippen LogP contribution in [0.2, 0.25) is 0 Å². The Morgan fingerprint density at radius 2 is 1.91 bits per heavy atom. The van der Waals surface area contributed by atoms with E-state index in [0.717, 1.165) is 27.8 Å². The molecule has 5 heteroatoms. The van der Waals surface area contributed by atoms with Crippen LogP contribution in [0.4, 0.5) is 4.39 Å². The smallest absolute Gasteiger partial charge is 0.309 e. The number of carbonyl (C=O) groups is 1. The third kappa shape index (κ3) is 5.64. The van der Waals surface area contributed by atoms with E-state index in [4.69, 9.17) is 14.2 Å². The molecular formula is C27H33FO4. The van der Waals surface area contributed by atoms with E-state index in [9.17, 15) is 9.18 Å². The van der Waals surface area contributed by atoms with Gasteiger partial charge in [0.2, 0.25) is 0 Å². The van der Waals surface area contributed by atoms with Gasteiger partial charge in [0.25, 0.3) is 0 Å². The number of carbonyl (C=O) groups excluding carboxylic acids is 1. The normalized spacial score (nSPS) is 20.5. The molecule has 0 bridgehead atoms. The minimum atomic E-state index is -0.832. The summed E-state index contributed by atoms with van der Waals surface area (Å²) >= 11 is 0. The summed E-state index contributed by atoms with van der Waals surface area (Å²) in [5.41, 5.74) is 4.96. The van der Waals surface area contributed by atoms with Crippen LogP contribution in [0.25, 0.3) is 17.2 Å². The fourth-order valence-electron chi connectivity index (χ4n) is 4.28. The summed E-state index contributed by atoms with van der Waals surface area (Å²) < 4.78 is 31.1. The Balaban J connectivity index is 2.06. The molecule has 0 saturated carbocycles. The molecular weight excluding hydrogens is 407 g/mol. The van der Waals surface area contributed by atoms with E-state index in [-0.39, 0.29) is 18.2 Å². The third-order valence-electron chi connectivity index (χ3n) is 5.73. The van der Waals surface area contributed by atoms with Crippen LogP contribution in [0, 0.1) is 26.6 Å². The molecule has 1 fully saturated rings. The predicted molar refractivity (Wildman–Crippen MR) is 125 cm³/mol. The van der Waals surface area contributed by atoms with Gasteiger partial charge in [-0.25, -0.2) is 4.39 Å². The van der Waals surface area contributed by atoms with Crippen molar-refractivity contribution in [3.8, 4) is 11.1 Å². The zero-order valence-electron chi connectivity index (χ0n) is 19.9. The van der Waals surface area contributed by atoms with E-state index >= 15 is 0 Å². The highest BCUT2D eigenvalue weighted by atomic mass is 19.1. The van der Waals surface area contributed by atoms with Crippen molar-refractivity contribution in [2.24, 2.45) is 0 Å². The molecule has 0 unspecified atom stereocenters. The summed E-state index contributed by atoms with van der Waals surface area (Å²) in [5, 5.41) is 0. The van der Waals surface area contributed by atoms with Crippen LogP contribution in [-0.4, -0.2) is 30.6 Å². The summed E-state index contributed by atoms with van der Waals surface area (Å²) in [4.78, 5) is 12.4. The molecule has 0 amide bonds. The lowest BCUT2D eigenvalue weighted by atomic mass is 9.89. The molecule has 0 radical (unpaired) electrons. The number of hydrogen-bond donors (Lipinski definition) is 0. The second kappa shape index (κ2) is 9.55. The first kappa shape index (κ1) is 24.1. The maximum Gasteiger partial charge on any atom is 0.309 e. The summed E-state index contributed by atoms with van der Waals surface area (Å²) in [5.74, 6) is -1.33. The summed E-state index contributed by atoms with van der Waals surface area (Å²) in [7, 11) is 0. The molecule has 3 rings (SSSR count). The van der Waals surface area contributed by atoms with Gasteiger partial charge in [-0.1, -0.05) is 35.9 Å². The van der Waals surface area contributed by atoms with Crippen molar-refractivity contribution in [2.45, 2.75) is 65.8 Å². The molecule has 0 aliphatic carbocycles. The molecule has 0 N–H and O–H groups in total. The van der Waals surface area contributed by atoms with Crippen molar-refractivity contribution >= 4 is 12.0 Å². The number of rotatable bonds is 6. The van der Waals surface area contributed by atoms with Crippen molar-refractivity contribution in [2.75, 3.05) is 13.2 Å². The minimum absolute atomic E-state index is 0.111. The fourth-order valence-corrected chi connectivity index (χ4v) is 4.28. The Morgan fingerprint density at radius 1 is 1.16 bits per heavy atom. The highest BCUT2D eigenvalue weighted by Gasteiger charge is 2.42. The molecule has 172 valence electrons. The Kier molecular flexibility index (Phi) is 7.21. The molecule has 0 aromatic heterocycles. The van der Waals surface area contributed by atoms with E-state index in [2.05, 4.69) is 19.1 Å². The quantitative estimate of drug-likeness (QED) is 0.495. The van der Waals surface area contributed by atoms with E-state index in [1.165, 1.54) is 6.07 Å². The van der Waals surface area contributed by atoms with Crippen molar-refractivity contribution in [1.29, 1.82) is 0 Å². The average molecular weight is 441 g/mol. The van der Waals surface area contributed by atoms with E-state index in [0.29, 0.717) is 25.2 Å². The Bertz CT molecular complexity index is 1020. The van der Waals surface area contributed by atoms with Gasteiger partial charge >= 0.3 is 5.97 Å². The zero-order valence-corrected chi connectivity index (χ0v) is 19.9. The molecule has 1 aliphatic heterocycles. The van der Waals surface area contributed by atoms with Crippen molar-refractivity contribution in [3.05, 3.63) is 64.5 Å². The van der Waals surface area contributed by atoms with Gasteiger partial charge in [0.15, 0.2) is 5.79 Å². The number of benzene rings is 2. The molecule has 2 aromatic carbocycles. The van der Waals surface area contributed by atoms with E-state index < -0.39 is 11.4 Å². The number of aryl methyl sites for hydroxylation is 3. The first-order valence-corrected chi connectivity index (χ1v) is 11.1. The minimum Gasteiger partial charge on any atom is -0.466 e. The maximum atomic E-state index is 13.9. The SMILES string of the molecule is CCOC(=O)C[C@@]1(C=Cc2c(C)cc(C)cc2-c2ccc(F)c(C)c2)CCOC(C)(C)O1. The van der Waals surface area contributed by atoms with Crippen LogP contribution >= 0.6 is 0 Å². The summed E-state index contributed by atoms with van der Waals surface area (Å²) in [6, 6.07) is 9.39. The first-order chi connectivity index (χ1) is 15.0. The fraction of sp³-hybridized carbons (Fsp3) is 0.444. The second-order valence-electron chi connectivity index (χ2n) is 8.99. The number of hydrogen-bond acceptors (Lipinski definition) is 4. The predicted octanol–water partition coefficient (Wildman–Crippen LogP) is 6.30. The van der Waals surface area contributed by atoms with Gasteiger partial charge < -0.3 is 14.2 Å². The highest BCUT2D eigenvalue weighted by molar-refractivity contribution is 5.79. The largest absolute Gasteiger partial charge is 0.466 e. The maximum absolute atomic E-state index is 13.9. The molecule has 1 atom stereocenters. The molecule has 1 heterocycles. The van der Waals surface area contributed by atoms with Crippen LogP contribution in [0.5, 0.6) is 0 Å². The van der Waals surface area contributed by atoms with Gasteiger partial charge in [0.1, 0.15) is 11.4 Å². The topological polar surface area (TPSA) is 44.8 Å². The Labute approximate surface area is 190 Å². The van der Waals surface area contributed by atoms with Crippen molar-refractivity contribution in [3.63, 3.8) is 0 Å². The zero-order chi connectivity index (χ0) is 23.5. The lowest BCUT2D eigenvalue weighted by Crippen LogP contribution is -2.49. The standard InChI is InChI=1S/C27H33FO4/c1-7-30-25(29)17-27(12-13-31-26(5,6)32-27)11-10-22-19(3)14-18(2)15-23(22)21-8-9-24(28)20(4)16-21/h8-11,14-16H,7,12-13,17H2,1-6H3/t27-/m1/s1. The number of halogens is 1. The van der Waals surface area contributed by atoms with Gasteiger partial charge in [-0.15, -0.1) is 0 Å². The lowest BCUT2D eigenvalue weighted by molar-refractivity contribution is -0.297. The Morgan fingerprint density at radius 3 is 2.56 bits per heavy atom. The highest BCUT2D eigenvalue weighted by Crippen LogP contribution is 2.37. The molecule has 0 spiro atoms. The van der Waals surface area contributed by atoms with E-state index in [1.807, 2.05) is 39.0 Å². The second-order valence-corrected chi connectivity index (χ2v) is 8.99. The molecule has 2 aromatic rings. The molecule has 32 heavy (non-hydrogen) atoms. The summed E-state index contributed by atoms with van der Waals surface area (Å²) in [6.45, 7) is 12.2. The van der Waals surface area contributed by atoms with Gasteiger partial charge in [-0.05, 0) is 81.5 Å². The van der Waals surface area contributed by atoms with Crippen molar-refractivity contribution in [1.82, 2.24) is 0 Å². The molecule has 1 saturated heterocycles. The lowest BCUT2D eigenvalue weighted by Gasteiger charge is -2.43. The van der Waals surface area contributed by atoms with Crippen LogP contribution in [-0.2, 0) is 19.0 Å². The van der Waals surface area contributed by atoms with E-state index in [1.54, 1.807) is 19.9 Å².